The predicted molar refractivity (Wildman–Crippen MR) is 89.7 cm³/mol. The lowest BCUT2D eigenvalue weighted by Gasteiger charge is -2.13. The summed E-state index contributed by atoms with van der Waals surface area (Å²) in [5, 5.41) is 15.3. The smallest absolute Gasteiger partial charge is 0.343 e. The first-order valence-corrected chi connectivity index (χ1v) is 7.71. The molecule has 1 aromatic heterocycles. The van der Waals surface area contributed by atoms with E-state index in [1.165, 1.54) is 35.9 Å². The Balaban J connectivity index is 2.08. The lowest BCUT2D eigenvalue weighted by atomic mass is 10.0. The largest absolute Gasteiger partial charge is 0.485 e. The molecule has 3 rings (SSSR count). The van der Waals surface area contributed by atoms with Gasteiger partial charge >= 0.3 is 5.69 Å². The summed E-state index contributed by atoms with van der Waals surface area (Å²) in [4.78, 5) is 11.4. The zero-order chi connectivity index (χ0) is 18.8. The highest BCUT2D eigenvalue weighted by atomic mass is 35.5. The number of nitrogens with zero attached hydrogens (tertiary/aromatic N) is 3. The van der Waals surface area contributed by atoms with Gasteiger partial charge in [0, 0.05) is 24.2 Å². The molecule has 1 heterocycles. The minimum Gasteiger partial charge on any atom is -0.485 e. The number of nitrogens with one attached hydrogen (secondary N) is 1. The molecule has 0 spiro atoms. The molecule has 1 N–H and O–H groups in total. The first kappa shape index (κ1) is 17.6. The zero-order valence-electron chi connectivity index (χ0n) is 13.4. The molecule has 0 aliphatic carbocycles. The highest BCUT2D eigenvalue weighted by Gasteiger charge is 2.18. The third kappa shape index (κ3) is 3.17. The summed E-state index contributed by atoms with van der Waals surface area (Å²) in [5.41, 5.74) is -0.254. The number of H-pyrrole nitrogens is 1. The minimum atomic E-state index is -1.07. The van der Waals surface area contributed by atoms with E-state index < -0.39 is 17.3 Å². The van der Waals surface area contributed by atoms with Gasteiger partial charge in [-0.2, -0.15) is 10.4 Å². The molecule has 2 aromatic carbocycles. The van der Waals surface area contributed by atoms with Crippen molar-refractivity contribution in [3.8, 4) is 22.9 Å². The summed E-state index contributed by atoms with van der Waals surface area (Å²) in [6.45, 7) is -0.124. The molecule has 0 aliphatic rings. The van der Waals surface area contributed by atoms with Crippen molar-refractivity contribution in [3.63, 3.8) is 0 Å². The van der Waals surface area contributed by atoms with Gasteiger partial charge < -0.3 is 4.74 Å². The van der Waals surface area contributed by atoms with Gasteiger partial charge in [0.1, 0.15) is 18.4 Å². The third-order valence-corrected chi connectivity index (χ3v) is 4.07. The second-order valence-electron chi connectivity index (χ2n) is 5.33. The van der Waals surface area contributed by atoms with E-state index in [-0.39, 0.29) is 34.1 Å². The summed E-state index contributed by atoms with van der Waals surface area (Å²) in [6, 6.07) is 8.23. The Hall–Kier alpha value is -3.18. The second-order valence-corrected chi connectivity index (χ2v) is 5.74. The van der Waals surface area contributed by atoms with E-state index in [1.54, 1.807) is 0 Å². The highest BCUT2D eigenvalue weighted by molar-refractivity contribution is 6.32. The Morgan fingerprint density at radius 3 is 2.77 bits per heavy atom. The van der Waals surface area contributed by atoms with Crippen molar-refractivity contribution in [2.75, 3.05) is 0 Å². The van der Waals surface area contributed by atoms with E-state index >= 15 is 0 Å². The molecule has 6 nitrogen and oxygen atoms in total. The SMILES string of the molecule is Cn1c(COc2cc(Cl)c(C#N)cc2-c2cccc(F)c2F)n[nH]c1=O. The Kier molecular flexibility index (Phi) is 4.73. The second kappa shape index (κ2) is 6.98. The highest BCUT2D eigenvalue weighted by Crippen LogP contribution is 2.37. The van der Waals surface area contributed by atoms with Gasteiger partial charge in [-0.05, 0) is 12.1 Å². The molecule has 0 unspecified atom stereocenters. The summed E-state index contributed by atoms with van der Waals surface area (Å²) in [5.74, 6) is -1.69. The van der Waals surface area contributed by atoms with Gasteiger partial charge in [-0.15, -0.1) is 0 Å². The van der Waals surface area contributed by atoms with Crippen LogP contribution in [-0.2, 0) is 13.7 Å². The van der Waals surface area contributed by atoms with Gasteiger partial charge in [0.2, 0.25) is 0 Å². The lowest BCUT2D eigenvalue weighted by Crippen LogP contribution is -2.15. The van der Waals surface area contributed by atoms with Crippen molar-refractivity contribution >= 4 is 11.6 Å². The summed E-state index contributed by atoms with van der Waals surface area (Å²) < 4.78 is 34.7. The molecule has 9 heteroatoms. The quantitative estimate of drug-likeness (QED) is 0.758. The number of hydrogen-bond donors (Lipinski definition) is 1. The van der Waals surface area contributed by atoms with Gasteiger partial charge in [-0.1, -0.05) is 23.7 Å². The number of halogens is 3. The van der Waals surface area contributed by atoms with Crippen LogP contribution < -0.4 is 10.4 Å². The molecule has 3 aromatic rings. The monoisotopic (exact) mass is 376 g/mol. The maximum atomic E-state index is 14.2. The van der Waals surface area contributed by atoms with E-state index in [2.05, 4.69) is 10.2 Å². The fourth-order valence-electron chi connectivity index (χ4n) is 2.33. The third-order valence-electron chi connectivity index (χ3n) is 3.76. The Morgan fingerprint density at radius 1 is 1.35 bits per heavy atom. The van der Waals surface area contributed by atoms with E-state index in [0.717, 1.165) is 6.07 Å². The Morgan fingerprint density at radius 2 is 2.12 bits per heavy atom. The average Bonchev–Trinajstić information content (AvgIpc) is 2.94. The lowest BCUT2D eigenvalue weighted by molar-refractivity contribution is 0.292. The fourth-order valence-corrected chi connectivity index (χ4v) is 2.53. The van der Waals surface area contributed by atoms with Crippen molar-refractivity contribution in [2.24, 2.45) is 7.05 Å². The standard InChI is InChI=1S/C17H11ClF2N4O2/c1-24-15(22-23-17(24)25)8-26-14-6-12(18)9(7-21)5-11(14)10-3-2-4-13(19)16(10)20/h2-6H,8H2,1H3,(H,23,25). The molecule has 0 fully saturated rings. The van der Waals surface area contributed by atoms with Gasteiger partial charge in [0.25, 0.3) is 0 Å². The average molecular weight is 377 g/mol. The molecule has 0 bridgehead atoms. The van der Waals surface area contributed by atoms with Gasteiger partial charge in [-0.25, -0.2) is 18.7 Å². The molecule has 0 aliphatic heterocycles. The summed E-state index contributed by atoms with van der Waals surface area (Å²) in [6.07, 6.45) is 0. The predicted octanol–water partition coefficient (Wildman–Crippen LogP) is 3.16. The van der Waals surface area contributed by atoms with E-state index in [1.807, 2.05) is 6.07 Å². The number of rotatable bonds is 4. The van der Waals surface area contributed by atoms with E-state index in [4.69, 9.17) is 21.6 Å². The topological polar surface area (TPSA) is 83.7 Å². The molecule has 132 valence electrons. The molecule has 0 amide bonds. The molecule has 0 atom stereocenters. The van der Waals surface area contributed by atoms with Crippen LogP contribution in [0.3, 0.4) is 0 Å². The molecular formula is C17H11ClF2N4O2. The van der Waals surface area contributed by atoms with E-state index in [0.29, 0.717) is 5.82 Å². The molecule has 26 heavy (non-hydrogen) atoms. The van der Waals surface area contributed by atoms with Gasteiger partial charge in [-0.3, -0.25) is 4.57 Å². The Bertz CT molecular complexity index is 1090. The maximum Gasteiger partial charge on any atom is 0.343 e. The van der Waals surface area contributed by atoms with Crippen LogP contribution >= 0.6 is 11.6 Å². The van der Waals surface area contributed by atoms with Crippen LogP contribution in [0.25, 0.3) is 11.1 Å². The van der Waals surface area contributed by atoms with Crippen molar-refractivity contribution in [2.45, 2.75) is 6.61 Å². The zero-order valence-corrected chi connectivity index (χ0v) is 14.1. The number of aromatic amines is 1. The maximum absolute atomic E-state index is 14.2. The molecule has 0 saturated carbocycles. The van der Waals surface area contributed by atoms with Crippen molar-refractivity contribution in [1.82, 2.24) is 14.8 Å². The Labute approximate surface area is 151 Å². The molecule has 0 radical (unpaired) electrons. The first-order valence-electron chi connectivity index (χ1n) is 7.33. The van der Waals surface area contributed by atoms with Crippen LogP contribution in [0.5, 0.6) is 5.75 Å². The van der Waals surface area contributed by atoms with Crippen molar-refractivity contribution in [3.05, 3.63) is 68.9 Å². The van der Waals surface area contributed by atoms with Crippen LogP contribution in [0, 0.1) is 23.0 Å². The van der Waals surface area contributed by atoms with E-state index in [9.17, 15) is 13.6 Å². The first-order chi connectivity index (χ1) is 12.4. The van der Waals surface area contributed by atoms with Gasteiger partial charge in [0.05, 0.1) is 10.6 Å². The van der Waals surface area contributed by atoms with Crippen molar-refractivity contribution < 1.29 is 13.5 Å². The number of nitriles is 1. The fraction of sp³-hybridized carbons (Fsp3) is 0.118. The van der Waals surface area contributed by atoms with Crippen LogP contribution in [0.15, 0.2) is 35.1 Å². The molecular weight excluding hydrogens is 366 g/mol. The van der Waals surface area contributed by atoms with Crippen LogP contribution in [0.4, 0.5) is 8.78 Å². The number of ether oxygens (including phenoxy) is 1. The number of aromatic nitrogens is 3. The van der Waals surface area contributed by atoms with Crippen LogP contribution in [0.2, 0.25) is 5.02 Å². The summed E-state index contributed by atoms with van der Waals surface area (Å²) in [7, 11) is 1.50. The molecule has 0 saturated heterocycles. The summed E-state index contributed by atoms with van der Waals surface area (Å²) >= 11 is 6.03. The normalized spacial score (nSPS) is 10.6. The minimum absolute atomic E-state index is 0.0796. The van der Waals surface area contributed by atoms with Gasteiger partial charge in [0.15, 0.2) is 17.5 Å². The number of benzene rings is 2. The van der Waals surface area contributed by atoms with Crippen LogP contribution in [0.1, 0.15) is 11.4 Å². The van der Waals surface area contributed by atoms with Crippen LogP contribution in [-0.4, -0.2) is 14.8 Å². The number of hydrogen-bond acceptors (Lipinski definition) is 4. The van der Waals surface area contributed by atoms with Crippen molar-refractivity contribution in [1.29, 1.82) is 5.26 Å².